The van der Waals surface area contributed by atoms with Crippen LogP contribution >= 0.6 is 0 Å². The second kappa shape index (κ2) is 8.81. The fourth-order valence-electron chi connectivity index (χ4n) is 3.24. The molecule has 0 aromatic heterocycles. The lowest BCUT2D eigenvalue weighted by Crippen LogP contribution is -2.37. The number of sulfonamides is 1. The van der Waals surface area contributed by atoms with Crippen LogP contribution in [0.15, 0.2) is 47.4 Å². The number of morpholine rings is 1. The van der Waals surface area contributed by atoms with Crippen LogP contribution in [0.5, 0.6) is 11.5 Å². The Bertz CT molecular complexity index is 911. The van der Waals surface area contributed by atoms with Gasteiger partial charge in [0.2, 0.25) is 10.0 Å². The first-order valence-corrected chi connectivity index (χ1v) is 10.5. The largest absolute Gasteiger partial charge is 0.493 e. The number of hydrogen-bond acceptors (Lipinski definition) is 6. The maximum absolute atomic E-state index is 13.1. The predicted octanol–water partition coefficient (Wildman–Crippen LogP) is 2.36. The minimum Gasteiger partial charge on any atom is -0.493 e. The van der Waals surface area contributed by atoms with Crippen LogP contribution in [0.3, 0.4) is 0 Å². The number of para-hydroxylation sites is 1. The summed E-state index contributed by atoms with van der Waals surface area (Å²) in [5.41, 5.74) is 2.00. The third-order valence-electron chi connectivity index (χ3n) is 4.80. The van der Waals surface area contributed by atoms with Gasteiger partial charge in [-0.25, -0.2) is 8.42 Å². The molecule has 7 nitrogen and oxygen atoms in total. The third-order valence-corrected chi connectivity index (χ3v) is 6.60. The Morgan fingerprint density at radius 2 is 1.71 bits per heavy atom. The summed E-state index contributed by atoms with van der Waals surface area (Å²) < 4.78 is 43.4. The Hall–Kier alpha value is -2.29. The molecule has 1 fully saturated rings. The van der Waals surface area contributed by atoms with Crippen LogP contribution in [-0.4, -0.2) is 60.3 Å². The zero-order chi connectivity index (χ0) is 20.1. The number of benzene rings is 2. The van der Waals surface area contributed by atoms with E-state index in [1.807, 2.05) is 24.3 Å². The number of methoxy groups -OCH3 is 2. The van der Waals surface area contributed by atoms with Gasteiger partial charge < -0.3 is 19.1 Å². The van der Waals surface area contributed by atoms with E-state index in [0.29, 0.717) is 24.7 Å². The smallest absolute Gasteiger partial charge is 0.243 e. The maximum atomic E-state index is 13.1. The average molecular weight is 407 g/mol. The van der Waals surface area contributed by atoms with Gasteiger partial charge in [-0.1, -0.05) is 18.2 Å². The zero-order valence-electron chi connectivity index (χ0n) is 16.4. The molecule has 3 rings (SSSR count). The van der Waals surface area contributed by atoms with Gasteiger partial charge in [0, 0.05) is 38.4 Å². The first kappa shape index (κ1) is 20.4. The van der Waals surface area contributed by atoms with Gasteiger partial charge in [0.1, 0.15) is 0 Å². The summed E-state index contributed by atoms with van der Waals surface area (Å²) in [7, 11) is 0.895. The van der Waals surface area contributed by atoms with Crippen molar-refractivity contribution in [2.75, 3.05) is 52.5 Å². The minimum absolute atomic E-state index is 0.163. The molecule has 0 N–H and O–H groups in total. The number of nitrogens with zero attached hydrogens (tertiary/aromatic N) is 2. The summed E-state index contributed by atoms with van der Waals surface area (Å²) in [6.07, 6.45) is 0. The van der Waals surface area contributed by atoms with E-state index in [4.69, 9.17) is 14.2 Å². The van der Waals surface area contributed by atoms with Crippen LogP contribution in [0.4, 0.5) is 5.69 Å². The molecule has 2 aromatic carbocycles. The Labute approximate surface area is 166 Å². The highest BCUT2D eigenvalue weighted by atomic mass is 32.2. The van der Waals surface area contributed by atoms with Gasteiger partial charge in [-0.15, -0.1) is 0 Å². The van der Waals surface area contributed by atoms with Crippen molar-refractivity contribution < 1.29 is 22.6 Å². The van der Waals surface area contributed by atoms with E-state index in [0.717, 1.165) is 24.3 Å². The Morgan fingerprint density at radius 1 is 1.04 bits per heavy atom. The molecule has 1 aliphatic rings. The van der Waals surface area contributed by atoms with Gasteiger partial charge in [0.15, 0.2) is 11.5 Å². The molecule has 1 saturated heterocycles. The molecule has 0 unspecified atom stereocenters. The van der Waals surface area contributed by atoms with Gasteiger partial charge >= 0.3 is 0 Å². The van der Waals surface area contributed by atoms with Crippen molar-refractivity contribution >= 4 is 15.7 Å². The first-order valence-electron chi connectivity index (χ1n) is 9.06. The summed E-state index contributed by atoms with van der Waals surface area (Å²) in [6, 6.07) is 12.5. The van der Waals surface area contributed by atoms with E-state index < -0.39 is 10.0 Å². The normalized spacial score (nSPS) is 14.9. The maximum Gasteiger partial charge on any atom is 0.243 e. The van der Waals surface area contributed by atoms with E-state index in [9.17, 15) is 8.42 Å². The monoisotopic (exact) mass is 406 g/mol. The van der Waals surface area contributed by atoms with Gasteiger partial charge in [-0.2, -0.15) is 4.31 Å². The van der Waals surface area contributed by atoms with Crippen LogP contribution in [0.25, 0.3) is 0 Å². The van der Waals surface area contributed by atoms with Crippen molar-refractivity contribution in [2.24, 2.45) is 0 Å². The molecule has 0 amide bonds. The lowest BCUT2D eigenvalue weighted by atomic mass is 10.1. The van der Waals surface area contributed by atoms with E-state index in [2.05, 4.69) is 4.90 Å². The van der Waals surface area contributed by atoms with Crippen molar-refractivity contribution in [2.45, 2.75) is 11.4 Å². The molecule has 0 aliphatic carbocycles. The fourth-order valence-corrected chi connectivity index (χ4v) is 4.40. The molecule has 8 heteroatoms. The van der Waals surface area contributed by atoms with Crippen molar-refractivity contribution in [1.82, 2.24) is 4.31 Å². The first-order chi connectivity index (χ1) is 13.5. The molecule has 0 saturated carbocycles. The molecule has 1 heterocycles. The fraction of sp³-hybridized carbons (Fsp3) is 0.400. The van der Waals surface area contributed by atoms with Crippen LogP contribution < -0.4 is 14.4 Å². The molecular formula is C20H26N2O5S. The Morgan fingerprint density at radius 3 is 2.39 bits per heavy atom. The molecule has 0 atom stereocenters. The van der Waals surface area contributed by atoms with Crippen LogP contribution in [0, 0.1) is 0 Å². The molecule has 0 spiro atoms. The molecular weight excluding hydrogens is 380 g/mol. The molecule has 152 valence electrons. The Kier molecular flexibility index (Phi) is 6.43. The quantitative estimate of drug-likeness (QED) is 0.703. The minimum atomic E-state index is -3.69. The van der Waals surface area contributed by atoms with Gasteiger partial charge in [0.05, 0.1) is 32.3 Å². The summed E-state index contributed by atoms with van der Waals surface area (Å²) in [5.74, 6) is 0.868. The summed E-state index contributed by atoms with van der Waals surface area (Å²) in [5, 5.41) is 0. The molecule has 0 radical (unpaired) electrons. The second-order valence-electron chi connectivity index (χ2n) is 6.51. The third kappa shape index (κ3) is 4.24. The standard InChI is InChI=1S/C20H26N2O5S/c1-21(28(23,24)17-8-9-19(25-2)20(14-17)26-3)15-16-6-4-5-7-18(16)22-10-12-27-13-11-22/h4-9,14H,10-13,15H2,1-3H3. The molecule has 28 heavy (non-hydrogen) atoms. The number of ether oxygens (including phenoxy) is 3. The average Bonchev–Trinajstić information content (AvgIpc) is 2.74. The topological polar surface area (TPSA) is 68.3 Å². The van der Waals surface area contributed by atoms with E-state index in [1.54, 1.807) is 13.1 Å². The van der Waals surface area contributed by atoms with Crippen molar-refractivity contribution in [3.63, 3.8) is 0 Å². The van der Waals surface area contributed by atoms with Crippen molar-refractivity contribution in [3.8, 4) is 11.5 Å². The lowest BCUT2D eigenvalue weighted by molar-refractivity contribution is 0.122. The second-order valence-corrected chi connectivity index (χ2v) is 8.55. The highest BCUT2D eigenvalue weighted by molar-refractivity contribution is 7.89. The van der Waals surface area contributed by atoms with Gasteiger partial charge in [0.25, 0.3) is 0 Å². The number of anilines is 1. The highest BCUT2D eigenvalue weighted by Gasteiger charge is 2.24. The van der Waals surface area contributed by atoms with Gasteiger partial charge in [-0.05, 0) is 23.8 Å². The molecule has 1 aliphatic heterocycles. The Balaban J connectivity index is 1.85. The van der Waals surface area contributed by atoms with E-state index >= 15 is 0 Å². The number of hydrogen-bond donors (Lipinski definition) is 0. The summed E-state index contributed by atoms with van der Waals surface area (Å²) in [4.78, 5) is 2.40. The molecule has 2 aromatic rings. The van der Waals surface area contributed by atoms with Crippen molar-refractivity contribution in [1.29, 1.82) is 0 Å². The van der Waals surface area contributed by atoms with Crippen LogP contribution in [0.2, 0.25) is 0 Å². The van der Waals surface area contributed by atoms with Crippen LogP contribution in [0.1, 0.15) is 5.56 Å². The predicted molar refractivity (Wildman–Crippen MR) is 108 cm³/mol. The SMILES string of the molecule is COc1ccc(S(=O)(=O)N(C)Cc2ccccc2N2CCOCC2)cc1OC. The summed E-state index contributed by atoms with van der Waals surface area (Å²) >= 11 is 0. The molecule has 0 bridgehead atoms. The van der Waals surface area contributed by atoms with E-state index in [1.165, 1.54) is 30.7 Å². The van der Waals surface area contributed by atoms with Gasteiger partial charge in [-0.3, -0.25) is 0 Å². The zero-order valence-corrected chi connectivity index (χ0v) is 17.2. The highest BCUT2D eigenvalue weighted by Crippen LogP contribution is 2.31. The van der Waals surface area contributed by atoms with E-state index in [-0.39, 0.29) is 11.4 Å². The lowest BCUT2D eigenvalue weighted by Gasteiger charge is -2.31. The summed E-state index contributed by atoms with van der Waals surface area (Å²) in [6.45, 7) is 3.21. The van der Waals surface area contributed by atoms with Crippen LogP contribution in [-0.2, 0) is 21.3 Å². The number of rotatable bonds is 7. The van der Waals surface area contributed by atoms with Crippen molar-refractivity contribution in [3.05, 3.63) is 48.0 Å².